The average molecular weight is 200 g/mol. The quantitative estimate of drug-likeness (QED) is 0.509. The number of rotatable bonds is 5. The van der Waals surface area contributed by atoms with E-state index in [-0.39, 0.29) is 0 Å². The summed E-state index contributed by atoms with van der Waals surface area (Å²) in [6, 6.07) is 0.561. The van der Waals surface area contributed by atoms with Crippen molar-refractivity contribution in [2.75, 3.05) is 40.0 Å². The van der Waals surface area contributed by atoms with Gasteiger partial charge in [0.25, 0.3) is 0 Å². The van der Waals surface area contributed by atoms with E-state index in [0.29, 0.717) is 19.3 Å². The normalized spacial score (nSPS) is 36.2. The molecule has 82 valence electrons. The van der Waals surface area contributed by atoms with Crippen molar-refractivity contribution in [3.05, 3.63) is 0 Å². The fraction of sp³-hybridized carbons (Fsp3) is 1.00. The van der Waals surface area contributed by atoms with Crippen LogP contribution in [-0.2, 0) is 9.57 Å². The Balaban J connectivity index is 1.65. The maximum absolute atomic E-state index is 5.37. The maximum atomic E-state index is 5.37. The standard InChI is InChI=1S/C10H20N2O2/c1-13-6-7-14-11-10-3-5-12-4-2-9(10)8-12/h9-11H,2-8H2,1H3. The molecule has 0 spiro atoms. The summed E-state index contributed by atoms with van der Waals surface area (Å²) >= 11 is 0. The van der Waals surface area contributed by atoms with Crippen molar-refractivity contribution in [1.29, 1.82) is 0 Å². The van der Waals surface area contributed by atoms with E-state index in [2.05, 4.69) is 10.4 Å². The van der Waals surface area contributed by atoms with Crippen LogP contribution in [0.25, 0.3) is 0 Å². The smallest absolute Gasteiger partial charge is 0.0915 e. The van der Waals surface area contributed by atoms with Gasteiger partial charge in [-0.15, -0.1) is 0 Å². The van der Waals surface area contributed by atoms with Gasteiger partial charge < -0.3 is 9.64 Å². The number of methoxy groups -OCH3 is 1. The van der Waals surface area contributed by atoms with Gasteiger partial charge in [-0.25, -0.2) is 0 Å². The molecule has 0 saturated carbocycles. The zero-order valence-electron chi connectivity index (χ0n) is 8.87. The zero-order chi connectivity index (χ0) is 9.80. The SMILES string of the molecule is COCCONC1CCN2CCC1C2. The lowest BCUT2D eigenvalue weighted by Gasteiger charge is -2.30. The van der Waals surface area contributed by atoms with Gasteiger partial charge in [0.05, 0.1) is 13.2 Å². The minimum atomic E-state index is 0.561. The molecule has 0 aromatic heterocycles. The van der Waals surface area contributed by atoms with Gasteiger partial charge >= 0.3 is 0 Å². The predicted octanol–water partition coefficient (Wildman–Crippen LogP) is 0.248. The number of hydrogen-bond acceptors (Lipinski definition) is 4. The van der Waals surface area contributed by atoms with E-state index >= 15 is 0 Å². The monoisotopic (exact) mass is 200 g/mol. The maximum Gasteiger partial charge on any atom is 0.0915 e. The molecule has 0 aromatic rings. The Morgan fingerprint density at radius 3 is 3.00 bits per heavy atom. The van der Waals surface area contributed by atoms with Gasteiger partial charge in [0.2, 0.25) is 0 Å². The van der Waals surface area contributed by atoms with Crippen molar-refractivity contribution in [3.63, 3.8) is 0 Å². The Morgan fingerprint density at radius 1 is 1.29 bits per heavy atom. The van der Waals surface area contributed by atoms with Crippen molar-refractivity contribution in [3.8, 4) is 0 Å². The summed E-state index contributed by atoms with van der Waals surface area (Å²) < 4.78 is 4.92. The first-order chi connectivity index (χ1) is 6.90. The van der Waals surface area contributed by atoms with Gasteiger partial charge in [0.15, 0.2) is 0 Å². The van der Waals surface area contributed by atoms with Crippen molar-refractivity contribution in [2.45, 2.75) is 18.9 Å². The van der Waals surface area contributed by atoms with Crippen LogP contribution in [0.5, 0.6) is 0 Å². The van der Waals surface area contributed by atoms with E-state index in [1.807, 2.05) is 0 Å². The molecule has 3 atom stereocenters. The molecule has 2 heterocycles. The highest BCUT2D eigenvalue weighted by atomic mass is 16.7. The molecule has 0 aliphatic carbocycles. The highest BCUT2D eigenvalue weighted by Gasteiger charge is 2.34. The first-order valence-corrected chi connectivity index (χ1v) is 5.49. The second-order valence-corrected chi connectivity index (χ2v) is 4.20. The summed E-state index contributed by atoms with van der Waals surface area (Å²) in [5, 5.41) is 0. The zero-order valence-corrected chi connectivity index (χ0v) is 8.87. The molecule has 2 aliphatic heterocycles. The van der Waals surface area contributed by atoms with Crippen LogP contribution in [-0.4, -0.2) is 50.9 Å². The minimum Gasteiger partial charge on any atom is -0.382 e. The van der Waals surface area contributed by atoms with E-state index < -0.39 is 0 Å². The van der Waals surface area contributed by atoms with Crippen LogP contribution >= 0.6 is 0 Å². The number of hydroxylamine groups is 1. The highest BCUT2D eigenvalue weighted by Crippen LogP contribution is 2.26. The lowest BCUT2D eigenvalue weighted by atomic mass is 9.95. The second kappa shape index (κ2) is 5.07. The van der Waals surface area contributed by atoms with Gasteiger partial charge in [-0.05, 0) is 31.8 Å². The fourth-order valence-electron chi connectivity index (χ4n) is 2.40. The van der Waals surface area contributed by atoms with Crippen molar-refractivity contribution >= 4 is 0 Å². The Kier molecular flexibility index (Phi) is 3.75. The molecule has 0 amide bonds. The van der Waals surface area contributed by atoms with Crippen LogP contribution in [0.3, 0.4) is 0 Å². The second-order valence-electron chi connectivity index (χ2n) is 4.20. The number of hydrogen-bond donors (Lipinski definition) is 1. The lowest BCUT2D eigenvalue weighted by Crippen LogP contribution is -2.44. The number of fused-ring (bicyclic) bond motifs is 2. The molecule has 3 unspecified atom stereocenters. The van der Waals surface area contributed by atoms with E-state index in [0.717, 1.165) is 5.92 Å². The van der Waals surface area contributed by atoms with Crippen LogP contribution in [0.2, 0.25) is 0 Å². The summed E-state index contributed by atoms with van der Waals surface area (Å²) in [4.78, 5) is 7.91. The molecule has 14 heavy (non-hydrogen) atoms. The van der Waals surface area contributed by atoms with Crippen LogP contribution < -0.4 is 5.48 Å². The molecular weight excluding hydrogens is 180 g/mol. The molecule has 2 saturated heterocycles. The van der Waals surface area contributed by atoms with E-state index in [1.54, 1.807) is 7.11 Å². The highest BCUT2D eigenvalue weighted by molar-refractivity contribution is 4.89. The number of nitrogens with one attached hydrogen (secondary N) is 1. The third kappa shape index (κ3) is 2.45. The first kappa shape index (κ1) is 10.4. The molecule has 2 bridgehead atoms. The molecule has 4 heteroatoms. The minimum absolute atomic E-state index is 0.561. The van der Waals surface area contributed by atoms with Gasteiger partial charge in [-0.2, -0.15) is 5.48 Å². The van der Waals surface area contributed by atoms with Gasteiger partial charge in [0, 0.05) is 19.7 Å². The number of ether oxygens (including phenoxy) is 1. The molecular formula is C10H20N2O2. The summed E-state index contributed by atoms with van der Waals surface area (Å²) in [7, 11) is 1.69. The van der Waals surface area contributed by atoms with Crippen LogP contribution in [0.15, 0.2) is 0 Å². The van der Waals surface area contributed by atoms with Gasteiger partial charge in [-0.3, -0.25) is 4.84 Å². The van der Waals surface area contributed by atoms with Crippen molar-refractivity contribution in [1.82, 2.24) is 10.4 Å². The third-order valence-corrected chi connectivity index (χ3v) is 3.26. The van der Waals surface area contributed by atoms with Gasteiger partial charge in [-0.1, -0.05) is 0 Å². The summed E-state index contributed by atoms with van der Waals surface area (Å²) in [5.74, 6) is 0.797. The van der Waals surface area contributed by atoms with Crippen LogP contribution in [0, 0.1) is 5.92 Å². The van der Waals surface area contributed by atoms with E-state index in [1.165, 1.54) is 32.5 Å². The summed E-state index contributed by atoms with van der Waals surface area (Å²) in [6.07, 6.45) is 2.54. The van der Waals surface area contributed by atoms with Crippen LogP contribution in [0.4, 0.5) is 0 Å². The van der Waals surface area contributed by atoms with Crippen molar-refractivity contribution in [2.24, 2.45) is 5.92 Å². The average Bonchev–Trinajstić information content (AvgIpc) is 2.59. The molecule has 0 aromatic carbocycles. The predicted molar refractivity (Wildman–Crippen MR) is 53.9 cm³/mol. The van der Waals surface area contributed by atoms with Crippen LogP contribution in [0.1, 0.15) is 12.8 Å². The first-order valence-electron chi connectivity index (χ1n) is 5.49. The topological polar surface area (TPSA) is 33.7 Å². The molecule has 2 rings (SSSR count). The molecule has 1 N–H and O–H groups in total. The molecule has 2 fully saturated rings. The third-order valence-electron chi connectivity index (χ3n) is 3.26. The van der Waals surface area contributed by atoms with Gasteiger partial charge in [0.1, 0.15) is 0 Å². The number of nitrogens with zero attached hydrogens (tertiary/aromatic N) is 1. The van der Waals surface area contributed by atoms with E-state index in [4.69, 9.17) is 9.57 Å². The summed E-state index contributed by atoms with van der Waals surface area (Å²) in [6.45, 7) is 5.06. The molecule has 4 nitrogen and oxygen atoms in total. The lowest BCUT2D eigenvalue weighted by molar-refractivity contribution is -0.0294. The summed E-state index contributed by atoms with van der Waals surface area (Å²) in [5.41, 5.74) is 3.18. The molecule has 2 aliphatic rings. The molecule has 0 radical (unpaired) electrons. The fourth-order valence-corrected chi connectivity index (χ4v) is 2.40. The Bertz CT molecular complexity index is 178. The largest absolute Gasteiger partial charge is 0.382 e. The Morgan fingerprint density at radius 2 is 2.14 bits per heavy atom. The Labute approximate surface area is 85.5 Å². The Hall–Kier alpha value is -0.160. The van der Waals surface area contributed by atoms with Crippen molar-refractivity contribution < 1.29 is 9.57 Å². The number of piperidine rings is 1. The van der Waals surface area contributed by atoms with E-state index in [9.17, 15) is 0 Å².